The third-order valence-electron chi connectivity index (χ3n) is 7.77. The molecule has 2 aliphatic carbocycles. The van der Waals surface area contributed by atoms with Gasteiger partial charge in [-0.3, -0.25) is 9.59 Å². The van der Waals surface area contributed by atoms with Crippen molar-refractivity contribution in [1.82, 2.24) is 10.2 Å². The van der Waals surface area contributed by atoms with Crippen LogP contribution in [-0.4, -0.2) is 83.8 Å². The fourth-order valence-corrected chi connectivity index (χ4v) is 6.13. The van der Waals surface area contributed by atoms with Gasteiger partial charge < -0.3 is 29.9 Å². The minimum absolute atomic E-state index is 0.0477. The van der Waals surface area contributed by atoms with Gasteiger partial charge >= 0.3 is 6.18 Å². The molecule has 0 aromatic heterocycles. The summed E-state index contributed by atoms with van der Waals surface area (Å²) in [6, 6.07) is 5.47. The second-order valence-electron chi connectivity index (χ2n) is 11.3. The van der Waals surface area contributed by atoms with Gasteiger partial charge in [0.25, 0.3) is 0 Å². The monoisotopic (exact) mass is 696 g/mol. The average molecular weight is 697 g/mol. The van der Waals surface area contributed by atoms with Gasteiger partial charge in [0.05, 0.1) is 22.3 Å². The second-order valence-corrected chi connectivity index (χ2v) is 12.4. The Kier molecular flexibility index (Phi) is 12.3. The zero-order valence-corrected chi connectivity index (χ0v) is 25.7. The van der Waals surface area contributed by atoms with Gasteiger partial charge in [0.15, 0.2) is 0 Å². The number of nitrogens with one attached hydrogen (secondary N) is 1. The number of carbonyl (C=O) groups is 2. The van der Waals surface area contributed by atoms with Gasteiger partial charge in [-0.15, -0.1) is 0 Å². The Morgan fingerprint density at radius 1 is 1.22 bits per heavy atom. The lowest BCUT2D eigenvalue weighted by atomic mass is 9.75. The minimum atomic E-state index is -4.76. The molecule has 0 radical (unpaired) electrons. The predicted molar refractivity (Wildman–Crippen MR) is 155 cm³/mol. The first-order valence-electron chi connectivity index (χ1n) is 14.0. The molecule has 0 spiro atoms. The van der Waals surface area contributed by atoms with E-state index in [1.165, 1.54) is 6.08 Å². The molecule has 230 valence electrons. The molecule has 1 aromatic rings. The van der Waals surface area contributed by atoms with E-state index < -0.39 is 49.4 Å². The van der Waals surface area contributed by atoms with Gasteiger partial charge in [0, 0.05) is 18.5 Å². The second kappa shape index (κ2) is 15.0. The Morgan fingerprint density at radius 2 is 1.93 bits per heavy atom. The van der Waals surface area contributed by atoms with Crippen molar-refractivity contribution < 1.29 is 42.4 Å². The molecule has 3 N–H and O–H groups in total. The van der Waals surface area contributed by atoms with Crippen LogP contribution in [0.3, 0.4) is 0 Å². The molecule has 8 nitrogen and oxygen atoms in total. The van der Waals surface area contributed by atoms with E-state index in [9.17, 15) is 27.9 Å². The summed E-state index contributed by atoms with van der Waals surface area (Å²) < 4.78 is 54.1. The van der Waals surface area contributed by atoms with Crippen molar-refractivity contribution in [3.63, 3.8) is 0 Å². The zero-order valence-electron chi connectivity index (χ0n) is 23.6. The predicted octanol–water partition coefficient (Wildman–Crippen LogP) is 4.08. The number of benzene rings is 1. The van der Waals surface area contributed by atoms with Crippen LogP contribution in [0, 0.1) is 21.3 Å². The normalized spacial score (nSPS) is 26.8. The Morgan fingerprint density at radius 3 is 2.56 bits per heavy atom. The van der Waals surface area contributed by atoms with E-state index in [0.29, 0.717) is 26.6 Å². The van der Waals surface area contributed by atoms with Crippen LogP contribution in [0.5, 0.6) is 5.75 Å². The topological polar surface area (TPSA) is 108 Å². The summed E-state index contributed by atoms with van der Waals surface area (Å²) in [5, 5.41) is 22.9. The molecule has 12 heteroatoms. The van der Waals surface area contributed by atoms with Gasteiger partial charge in [-0.2, -0.15) is 13.2 Å². The third kappa shape index (κ3) is 9.55. The number of aliphatic hydroxyl groups excluding tert-OH is 2. The summed E-state index contributed by atoms with van der Waals surface area (Å²) in [6.07, 6.45) is -4.12. The number of halogens is 4. The SMILES string of the molecule is CC1CCC(C(C)C)C(OCC(=O)N(CC(F)(F)F)C2CC(C(=O)NCCO)=CC(Oc3ccccc3I)C2O)C1. The summed E-state index contributed by atoms with van der Waals surface area (Å²) in [7, 11) is 0. The van der Waals surface area contributed by atoms with Crippen molar-refractivity contribution in [3.8, 4) is 5.75 Å². The summed E-state index contributed by atoms with van der Waals surface area (Å²) in [5.41, 5.74) is 0.0477. The van der Waals surface area contributed by atoms with Crippen molar-refractivity contribution in [3.05, 3.63) is 39.5 Å². The first kappa shape index (κ1) is 33.6. The maximum absolute atomic E-state index is 13.8. The molecule has 1 fully saturated rings. The fourth-order valence-electron chi connectivity index (χ4n) is 5.62. The minimum Gasteiger partial charge on any atom is -0.482 e. The number of alkyl halides is 3. The molecule has 3 rings (SSSR count). The lowest BCUT2D eigenvalue weighted by Gasteiger charge is -2.41. The van der Waals surface area contributed by atoms with Crippen LogP contribution in [0.25, 0.3) is 0 Å². The lowest BCUT2D eigenvalue weighted by Crippen LogP contribution is -2.58. The highest BCUT2D eigenvalue weighted by Gasteiger charge is 2.45. The van der Waals surface area contributed by atoms with Crippen LogP contribution in [0.15, 0.2) is 35.9 Å². The van der Waals surface area contributed by atoms with Crippen molar-refractivity contribution >= 4 is 34.4 Å². The molecule has 0 heterocycles. The number of rotatable bonds is 11. The smallest absolute Gasteiger partial charge is 0.406 e. The number of para-hydroxylation sites is 1. The molecule has 0 aliphatic heterocycles. The highest BCUT2D eigenvalue weighted by molar-refractivity contribution is 14.1. The largest absolute Gasteiger partial charge is 0.482 e. The Balaban J connectivity index is 1.89. The quantitative estimate of drug-likeness (QED) is 0.302. The number of ether oxygens (including phenoxy) is 2. The molecule has 0 bridgehead atoms. The Bertz CT molecular complexity index is 1070. The Labute approximate surface area is 252 Å². The molecular weight excluding hydrogens is 656 g/mol. The molecule has 41 heavy (non-hydrogen) atoms. The fraction of sp³-hybridized carbons (Fsp3) is 0.655. The average Bonchev–Trinajstić information content (AvgIpc) is 2.90. The first-order chi connectivity index (χ1) is 19.3. The van der Waals surface area contributed by atoms with Crippen molar-refractivity contribution in [1.29, 1.82) is 0 Å². The van der Waals surface area contributed by atoms with Crippen molar-refractivity contribution in [2.45, 2.75) is 77.0 Å². The summed E-state index contributed by atoms with van der Waals surface area (Å²) in [6.45, 7) is 3.63. The van der Waals surface area contributed by atoms with E-state index in [1.54, 1.807) is 24.3 Å². The summed E-state index contributed by atoms with van der Waals surface area (Å²) >= 11 is 2.02. The van der Waals surface area contributed by atoms with E-state index in [1.807, 2.05) is 22.6 Å². The van der Waals surface area contributed by atoms with E-state index in [-0.39, 0.29) is 43.1 Å². The summed E-state index contributed by atoms with van der Waals surface area (Å²) in [5.74, 6) is -0.326. The van der Waals surface area contributed by atoms with E-state index in [2.05, 4.69) is 26.1 Å². The molecule has 6 unspecified atom stereocenters. The van der Waals surface area contributed by atoms with Gasteiger partial charge in [-0.05, 0) is 71.4 Å². The molecule has 0 saturated heterocycles. The first-order valence-corrected chi connectivity index (χ1v) is 15.0. The van der Waals surface area contributed by atoms with Crippen LogP contribution in [-0.2, 0) is 14.3 Å². The third-order valence-corrected chi connectivity index (χ3v) is 8.66. The number of hydrogen-bond acceptors (Lipinski definition) is 6. The van der Waals surface area contributed by atoms with Gasteiger partial charge in [-0.1, -0.05) is 39.3 Å². The number of amides is 2. The highest BCUT2D eigenvalue weighted by atomic mass is 127. The number of carbonyl (C=O) groups excluding carboxylic acids is 2. The van der Waals surface area contributed by atoms with Crippen LogP contribution in [0.4, 0.5) is 13.2 Å². The van der Waals surface area contributed by atoms with Crippen LogP contribution < -0.4 is 10.1 Å². The molecule has 2 amide bonds. The van der Waals surface area contributed by atoms with Gasteiger partial charge in [0.2, 0.25) is 11.8 Å². The van der Waals surface area contributed by atoms with Crippen LogP contribution >= 0.6 is 22.6 Å². The highest BCUT2D eigenvalue weighted by Crippen LogP contribution is 2.36. The maximum Gasteiger partial charge on any atom is 0.406 e. The van der Waals surface area contributed by atoms with Gasteiger partial charge in [-0.25, -0.2) is 0 Å². The number of hydrogen-bond donors (Lipinski definition) is 3. The lowest BCUT2D eigenvalue weighted by molar-refractivity contribution is -0.177. The van der Waals surface area contributed by atoms with E-state index in [4.69, 9.17) is 14.6 Å². The maximum atomic E-state index is 13.8. The Hall–Kier alpha value is -1.90. The van der Waals surface area contributed by atoms with Crippen LogP contribution in [0.2, 0.25) is 0 Å². The van der Waals surface area contributed by atoms with Crippen molar-refractivity contribution in [2.75, 3.05) is 26.3 Å². The van der Waals surface area contributed by atoms with Crippen molar-refractivity contribution in [2.24, 2.45) is 17.8 Å². The molecular formula is C29H40F3IN2O6. The van der Waals surface area contributed by atoms with E-state index >= 15 is 0 Å². The summed E-state index contributed by atoms with van der Waals surface area (Å²) in [4.78, 5) is 26.8. The number of aliphatic hydroxyl groups is 2. The molecule has 6 atom stereocenters. The molecule has 1 aromatic carbocycles. The number of nitrogens with zero attached hydrogens (tertiary/aromatic N) is 1. The standard InChI is InChI=1S/C29H40F3IN2O6/c1-17(2)20-9-8-18(3)12-24(20)40-15-26(37)35(16-29(30,31)32)22-13-19(28(39)34-10-11-36)14-25(27(22)38)41-23-7-5-4-6-21(23)33/h4-7,14,17-18,20,22,24-25,27,36,38H,8-13,15-16H2,1-3H3,(H,34,39). The van der Waals surface area contributed by atoms with E-state index in [0.717, 1.165) is 12.8 Å². The zero-order chi connectivity index (χ0) is 30.3. The van der Waals surface area contributed by atoms with Gasteiger partial charge in [0.1, 0.15) is 31.1 Å². The molecule has 2 aliphatic rings. The van der Waals surface area contributed by atoms with Crippen LogP contribution in [0.1, 0.15) is 46.5 Å². The molecule has 1 saturated carbocycles.